The molecule has 0 spiro atoms. The molecular weight excluding hydrogens is 234 g/mol. The zero-order valence-corrected chi connectivity index (χ0v) is 10.1. The summed E-state index contributed by atoms with van der Waals surface area (Å²) in [4.78, 5) is 22.0. The van der Waals surface area contributed by atoms with Gasteiger partial charge in [-0.3, -0.25) is 10.2 Å². The molecule has 6 nitrogen and oxygen atoms in total. The number of amides is 2. The second kappa shape index (κ2) is 6.61. The van der Waals surface area contributed by atoms with Crippen LogP contribution in [0.25, 0.3) is 0 Å². The molecule has 0 radical (unpaired) electrons. The summed E-state index contributed by atoms with van der Waals surface area (Å²) in [6, 6.07) is 6.76. The normalized spacial score (nSPS) is 11.7. The van der Waals surface area contributed by atoms with Gasteiger partial charge < -0.3 is 10.4 Å². The highest BCUT2D eigenvalue weighted by atomic mass is 16.4. The fraction of sp³-hybridized carbons (Fsp3) is 0.333. The van der Waals surface area contributed by atoms with Crippen LogP contribution in [-0.4, -0.2) is 23.1 Å². The van der Waals surface area contributed by atoms with Crippen LogP contribution in [0.3, 0.4) is 0 Å². The quantitative estimate of drug-likeness (QED) is 0.346. The third-order valence-electron chi connectivity index (χ3n) is 2.63. The molecule has 1 aromatic rings. The molecule has 0 aliphatic rings. The predicted molar refractivity (Wildman–Crippen MR) is 66.8 cm³/mol. The Morgan fingerprint density at radius 2 is 1.83 bits per heavy atom. The molecule has 0 saturated carbocycles. The Labute approximate surface area is 105 Å². The van der Waals surface area contributed by atoms with Crippen LogP contribution in [0.2, 0.25) is 0 Å². The van der Waals surface area contributed by atoms with Crippen molar-refractivity contribution in [1.82, 2.24) is 10.7 Å². The minimum atomic E-state index is -1.26. The third-order valence-corrected chi connectivity index (χ3v) is 2.63. The third kappa shape index (κ3) is 4.06. The molecule has 0 aromatic heterocycles. The van der Waals surface area contributed by atoms with Gasteiger partial charge >= 0.3 is 6.09 Å². The molecular formula is C12H17N3O3. The van der Waals surface area contributed by atoms with Gasteiger partial charge in [0, 0.05) is 6.42 Å². The van der Waals surface area contributed by atoms with E-state index in [-0.39, 0.29) is 6.42 Å². The zero-order valence-electron chi connectivity index (χ0n) is 10.1. The molecule has 0 unspecified atom stereocenters. The number of nitrogens with one attached hydrogen (secondary N) is 2. The molecule has 2 amide bonds. The summed E-state index contributed by atoms with van der Waals surface area (Å²) in [6.07, 6.45) is -0.0616. The number of hydrazine groups is 1. The SMILES string of the molecule is CCc1ccc(C[C@H](NC(=O)O)C(=O)NN)cc1. The fourth-order valence-electron chi connectivity index (χ4n) is 1.61. The van der Waals surface area contributed by atoms with Crippen LogP contribution in [0.15, 0.2) is 24.3 Å². The van der Waals surface area contributed by atoms with Gasteiger partial charge in [-0.25, -0.2) is 10.6 Å². The van der Waals surface area contributed by atoms with Crippen molar-refractivity contribution in [2.24, 2.45) is 5.84 Å². The molecule has 0 aliphatic carbocycles. The maximum atomic E-state index is 11.4. The number of benzene rings is 1. The van der Waals surface area contributed by atoms with Crippen molar-refractivity contribution < 1.29 is 14.7 Å². The van der Waals surface area contributed by atoms with Crippen molar-refractivity contribution >= 4 is 12.0 Å². The maximum Gasteiger partial charge on any atom is 0.405 e. The van der Waals surface area contributed by atoms with E-state index in [1.807, 2.05) is 36.6 Å². The monoisotopic (exact) mass is 251 g/mol. The molecule has 98 valence electrons. The van der Waals surface area contributed by atoms with Crippen molar-refractivity contribution in [1.29, 1.82) is 0 Å². The van der Waals surface area contributed by atoms with E-state index in [4.69, 9.17) is 10.9 Å². The fourth-order valence-corrected chi connectivity index (χ4v) is 1.61. The summed E-state index contributed by atoms with van der Waals surface area (Å²) in [7, 11) is 0. The van der Waals surface area contributed by atoms with Crippen LogP contribution in [-0.2, 0) is 17.6 Å². The highest BCUT2D eigenvalue weighted by Gasteiger charge is 2.19. The summed E-state index contributed by atoms with van der Waals surface area (Å²) >= 11 is 0. The van der Waals surface area contributed by atoms with E-state index < -0.39 is 18.0 Å². The number of hydrogen-bond donors (Lipinski definition) is 4. The summed E-state index contributed by atoms with van der Waals surface area (Å²) in [6.45, 7) is 2.05. The van der Waals surface area contributed by atoms with Gasteiger partial charge in [0.1, 0.15) is 6.04 Å². The molecule has 18 heavy (non-hydrogen) atoms. The first-order valence-corrected chi connectivity index (χ1v) is 5.64. The van der Waals surface area contributed by atoms with Crippen LogP contribution in [0.4, 0.5) is 4.79 Å². The average molecular weight is 251 g/mol. The van der Waals surface area contributed by atoms with Crippen molar-refractivity contribution in [3.8, 4) is 0 Å². The van der Waals surface area contributed by atoms with E-state index in [0.717, 1.165) is 12.0 Å². The van der Waals surface area contributed by atoms with Gasteiger partial charge in [0.2, 0.25) is 0 Å². The molecule has 0 aliphatic heterocycles. The lowest BCUT2D eigenvalue weighted by Crippen LogP contribution is -2.49. The highest BCUT2D eigenvalue weighted by molar-refractivity contribution is 5.85. The molecule has 0 bridgehead atoms. The maximum absolute atomic E-state index is 11.4. The van der Waals surface area contributed by atoms with Gasteiger partial charge in [-0.2, -0.15) is 0 Å². The van der Waals surface area contributed by atoms with Crippen LogP contribution < -0.4 is 16.6 Å². The number of carbonyl (C=O) groups is 2. The Bertz CT molecular complexity index is 417. The van der Waals surface area contributed by atoms with Crippen molar-refractivity contribution in [2.45, 2.75) is 25.8 Å². The Morgan fingerprint density at radius 3 is 2.28 bits per heavy atom. The highest BCUT2D eigenvalue weighted by Crippen LogP contribution is 2.07. The number of nitrogens with two attached hydrogens (primary N) is 1. The lowest BCUT2D eigenvalue weighted by atomic mass is 10.0. The molecule has 1 aromatic carbocycles. The largest absolute Gasteiger partial charge is 0.465 e. The molecule has 0 fully saturated rings. The molecule has 1 atom stereocenters. The van der Waals surface area contributed by atoms with Crippen molar-refractivity contribution in [2.75, 3.05) is 0 Å². The summed E-state index contributed by atoms with van der Waals surface area (Å²) < 4.78 is 0. The first-order chi connectivity index (χ1) is 8.56. The number of rotatable bonds is 5. The second-order valence-electron chi connectivity index (χ2n) is 3.88. The Kier molecular flexibility index (Phi) is 5.13. The van der Waals surface area contributed by atoms with Gasteiger partial charge in [-0.1, -0.05) is 31.2 Å². The summed E-state index contributed by atoms with van der Waals surface area (Å²) in [5, 5.41) is 10.8. The molecule has 5 N–H and O–H groups in total. The van der Waals surface area contributed by atoms with Crippen LogP contribution in [0.1, 0.15) is 18.1 Å². The zero-order chi connectivity index (χ0) is 13.5. The Balaban J connectivity index is 2.75. The smallest absolute Gasteiger partial charge is 0.405 e. The van der Waals surface area contributed by atoms with E-state index in [1.54, 1.807) is 0 Å². The van der Waals surface area contributed by atoms with E-state index in [9.17, 15) is 9.59 Å². The van der Waals surface area contributed by atoms with Gasteiger partial charge in [-0.05, 0) is 17.5 Å². The molecule has 1 rings (SSSR count). The number of aryl methyl sites for hydroxylation is 1. The van der Waals surface area contributed by atoms with E-state index in [0.29, 0.717) is 0 Å². The van der Waals surface area contributed by atoms with Gasteiger partial charge in [0.15, 0.2) is 0 Å². The van der Waals surface area contributed by atoms with Gasteiger partial charge in [0.25, 0.3) is 5.91 Å². The molecule has 6 heteroatoms. The van der Waals surface area contributed by atoms with Gasteiger partial charge in [0.05, 0.1) is 0 Å². The Hall–Kier alpha value is -2.08. The van der Waals surface area contributed by atoms with E-state index in [1.165, 1.54) is 5.56 Å². The lowest BCUT2D eigenvalue weighted by molar-refractivity contribution is -0.123. The second-order valence-corrected chi connectivity index (χ2v) is 3.88. The lowest BCUT2D eigenvalue weighted by Gasteiger charge is -2.15. The first-order valence-electron chi connectivity index (χ1n) is 5.64. The van der Waals surface area contributed by atoms with E-state index >= 15 is 0 Å². The van der Waals surface area contributed by atoms with Crippen molar-refractivity contribution in [3.63, 3.8) is 0 Å². The minimum Gasteiger partial charge on any atom is -0.465 e. The number of carbonyl (C=O) groups excluding carboxylic acids is 1. The molecule has 0 heterocycles. The van der Waals surface area contributed by atoms with Crippen LogP contribution in [0, 0.1) is 0 Å². The predicted octanol–water partition coefficient (Wildman–Crippen LogP) is 0.418. The van der Waals surface area contributed by atoms with Gasteiger partial charge in [-0.15, -0.1) is 0 Å². The van der Waals surface area contributed by atoms with E-state index in [2.05, 4.69) is 5.32 Å². The van der Waals surface area contributed by atoms with Crippen LogP contribution >= 0.6 is 0 Å². The van der Waals surface area contributed by atoms with Crippen LogP contribution in [0.5, 0.6) is 0 Å². The summed E-state index contributed by atoms with van der Waals surface area (Å²) in [5.74, 6) is 4.46. The topological polar surface area (TPSA) is 104 Å². The first kappa shape index (κ1) is 14.0. The van der Waals surface area contributed by atoms with Crippen molar-refractivity contribution in [3.05, 3.63) is 35.4 Å². The molecule has 0 saturated heterocycles. The number of carboxylic acid groups (broad SMARTS) is 1. The minimum absolute atomic E-state index is 0.263. The summed E-state index contributed by atoms with van der Waals surface area (Å²) in [5.41, 5.74) is 4.00. The average Bonchev–Trinajstić information content (AvgIpc) is 2.37. The standard InChI is InChI=1S/C12H17N3O3/c1-2-8-3-5-9(6-4-8)7-10(11(16)15-13)14-12(17)18/h3-6,10,14H,2,7,13H2,1H3,(H,15,16)(H,17,18)/t10-/m0/s1. The number of hydrogen-bond acceptors (Lipinski definition) is 3. The Morgan fingerprint density at radius 1 is 1.28 bits per heavy atom.